The molecule has 0 aliphatic carbocycles. The van der Waals surface area contributed by atoms with Gasteiger partial charge in [0.1, 0.15) is 16.5 Å². The Kier molecular flexibility index (Phi) is 3.39. The normalized spacial score (nSPS) is 11.4. The van der Waals surface area contributed by atoms with Gasteiger partial charge in [0, 0.05) is 5.02 Å². The SMILES string of the molecule is Cc1nnc(-c2nn3c(C)ncc3s2)n1Cc1ccc(Cl)cc1. The molecular weight excluding hydrogens is 332 g/mol. The Morgan fingerprint density at radius 1 is 1.09 bits per heavy atom. The monoisotopic (exact) mass is 344 g/mol. The Labute approximate surface area is 141 Å². The fraction of sp³-hybridized carbons (Fsp3) is 0.200. The van der Waals surface area contributed by atoms with Crippen LogP contribution >= 0.6 is 22.9 Å². The van der Waals surface area contributed by atoms with E-state index in [0.29, 0.717) is 6.54 Å². The van der Waals surface area contributed by atoms with Crippen LogP contribution in [0.25, 0.3) is 15.7 Å². The van der Waals surface area contributed by atoms with E-state index in [-0.39, 0.29) is 0 Å². The van der Waals surface area contributed by atoms with Gasteiger partial charge in [-0.2, -0.15) is 5.10 Å². The highest BCUT2D eigenvalue weighted by molar-refractivity contribution is 7.20. The van der Waals surface area contributed by atoms with E-state index in [1.54, 1.807) is 11.3 Å². The molecule has 0 spiro atoms. The molecule has 4 aromatic rings. The van der Waals surface area contributed by atoms with E-state index in [2.05, 4.69) is 24.8 Å². The Hall–Kier alpha value is -2.25. The Morgan fingerprint density at radius 2 is 1.87 bits per heavy atom. The predicted octanol–water partition coefficient (Wildman–Crippen LogP) is 3.37. The number of hydrogen-bond acceptors (Lipinski definition) is 5. The van der Waals surface area contributed by atoms with Crippen molar-refractivity contribution in [2.45, 2.75) is 20.4 Å². The molecule has 0 N–H and O–H groups in total. The molecule has 116 valence electrons. The van der Waals surface area contributed by atoms with Crippen molar-refractivity contribution >= 4 is 27.8 Å². The first-order chi connectivity index (χ1) is 11.1. The molecule has 0 bridgehead atoms. The summed E-state index contributed by atoms with van der Waals surface area (Å²) >= 11 is 7.51. The molecule has 0 aliphatic rings. The van der Waals surface area contributed by atoms with Gasteiger partial charge >= 0.3 is 0 Å². The molecule has 0 atom stereocenters. The largest absolute Gasteiger partial charge is 0.305 e. The van der Waals surface area contributed by atoms with Crippen LogP contribution in [0.1, 0.15) is 17.2 Å². The van der Waals surface area contributed by atoms with Crippen LogP contribution in [0.2, 0.25) is 5.02 Å². The fourth-order valence-electron chi connectivity index (χ4n) is 2.41. The summed E-state index contributed by atoms with van der Waals surface area (Å²) in [4.78, 5) is 5.25. The number of hydrogen-bond donors (Lipinski definition) is 0. The van der Waals surface area contributed by atoms with Gasteiger partial charge in [0.05, 0.1) is 12.7 Å². The molecule has 23 heavy (non-hydrogen) atoms. The summed E-state index contributed by atoms with van der Waals surface area (Å²) in [5.41, 5.74) is 1.14. The lowest BCUT2D eigenvalue weighted by molar-refractivity contribution is 0.764. The first-order valence-electron chi connectivity index (χ1n) is 7.07. The highest BCUT2D eigenvalue weighted by atomic mass is 35.5. The molecule has 0 amide bonds. The van der Waals surface area contributed by atoms with E-state index in [9.17, 15) is 0 Å². The van der Waals surface area contributed by atoms with Gasteiger partial charge in [-0.15, -0.1) is 10.2 Å². The second-order valence-corrected chi connectivity index (χ2v) is 6.69. The van der Waals surface area contributed by atoms with E-state index in [1.165, 1.54) is 0 Å². The Morgan fingerprint density at radius 3 is 2.61 bits per heavy atom. The average molecular weight is 345 g/mol. The molecule has 1 aromatic carbocycles. The van der Waals surface area contributed by atoms with Crippen LogP contribution in [-0.2, 0) is 6.54 Å². The van der Waals surface area contributed by atoms with Gasteiger partial charge < -0.3 is 4.57 Å². The van der Waals surface area contributed by atoms with Crippen molar-refractivity contribution in [1.29, 1.82) is 0 Å². The lowest BCUT2D eigenvalue weighted by atomic mass is 10.2. The van der Waals surface area contributed by atoms with Gasteiger partial charge in [0.2, 0.25) is 0 Å². The smallest absolute Gasteiger partial charge is 0.195 e. The van der Waals surface area contributed by atoms with Crippen LogP contribution in [0.15, 0.2) is 30.5 Å². The van der Waals surface area contributed by atoms with E-state index in [0.717, 1.165) is 37.9 Å². The zero-order chi connectivity index (χ0) is 16.0. The number of rotatable bonds is 3. The first kappa shape index (κ1) is 14.3. The van der Waals surface area contributed by atoms with E-state index < -0.39 is 0 Å². The van der Waals surface area contributed by atoms with Crippen molar-refractivity contribution in [2.75, 3.05) is 0 Å². The van der Waals surface area contributed by atoms with Crippen molar-refractivity contribution in [2.24, 2.45) is 0 Å². The molecular formula is C15H13ClN6S. The standard InChI is InChI=1S/C15H13ClN6S/c1-9-17-7-13-22(9)20-15(23-13)14-19-18-10(2)21(14)8-11-3-5-12(16)6-4-11/h3-7H,8H2,1-2H3. The predicted molar refractivity (Wildman–Crippen MR) is 89.9 cm³/mol. The third kappa shape index (κ3) is 2.51. The van der Waals surface area contributed by atoms with E-state index >= 15 is 0 Å². The van der Waals surface area contributed by atoms with Crippen molar-refractivity contribution < 1.29 is 0 Å². The van der Waals surface area contributed by atoms with Gasteiger partial charge in [-0.1, -0.05) is 35.1 Å². The molecule has 6 nitrogen and oxygen atoms in total. The van der Waals surface area contributed by atoms with Gasteiger partial charge in [0.25, 0.3) is 0 Å². The highest BCUT2D eigenvalue weighted by Gasteiger charge is 2.17. The third-order valence-corrected chi connectivity index (χ3v) is 4.85. The maximum atomic E-state index is 5.95. The number of nitrogens with zero attached hydrogens (tertiary/aromatic N) is 6. The molecule has 0 unspecified atom stereocenters. The van der Waals surface area contributed by atoms with E-state index in [1.807, 2.05) is 48.8 Å². The summed E-state index contributed by atoms with van der Waals surface area (Å²) in [5, 5.41) is 14.7. The minimum atomic E-state index is 0.678. The van der Waals surface area contributed by atoms with Crippen molar-refractivity contribution in [3.8, 4) is 10.8 Å². The van der Waals surface area contributed by atoms with Crippen molar-refractivity contribution in [1.82, 2.24) is 29.4 Å². The Balaban J connectivity index is 1.76. The quantitative estimate of drug-likeness (QED) is 0.571. The summed E-state index contributed by atoms with van der Waals surface area (Å²) in [7, 11) is 0. The second-order valence-electron chi connectivity index (χ2n) is 5.25. The molecule has 8 heteroatoms. The molecule has 0 saturated heterocycles. The number of halogens is 1. The van der Waals surface area contributed by atoms with Gasteiger partial charge in [0.15, 0.2) is 10.8 Å². The molecule has 0 fully saturated rings. The lowest BCUT2D eigenvalue weighted by Crippen LogP contribution is -2.04. The van der Waals surface area contributed by atoms with Crippen LogP contribution in [0.3, 0.4) is 0 Å². The van der Waals surface area contributed by atoms with E-state index in [4.69, 9.17) is 11.6 Å². The topological polar surface area (TPSA) is 60.9 Å². The van der Waals surface area contributed by atoms with Gasteiger partial charge in [-0.3, -0.25) is 0 Å². The minimum Gasteiger partial charge on any atom is -0.305 e. The molecule has 0 saturated carbocycles. The molecule has 4 rings (SSSR count). The molecule has 0 aliphatic heterocycles. The minimum absolute atomic E-state index is 0.678. The van der Waals surface area contributed by atoms with Crippen LogP contribution in [-0.4, -0.2) is 29.4 Å². The summed E-state index contributed by atoms with van der Waals surface area (Å²) in [6, 6.07) is 7.79. The first-order valence-corrected chi connectivity index (χ1v) is 8.27. The summed E-state index contributed by atoms with van der Waals surface area (Å²) < 4.78 is 3.89. The number of aromatic nitrogens is 6. The summed E-state index contributed by atoms with van der Waals surface area (Å²) in [6.45, 7) is 4.55. The molecule has 3 aromatic heterocycles. The number of benzene rings is 1. The zero-order valence-electron chi connectivity index (χ0n) is 12.6. The van der Waals surface area contributed by atoms with Crippen molar-refractivity contribution in [3.63, 3.8) is 0 Å². The number of imidazole rings is 1. The zero-order valence-corrected chi connectivity index (χ0v) is 14.1. The van der Waals surface area contributed by atoms with Crippen LogP contribution in [0.5, 0.6) is 0 Å². The number of fused-ring (bicyclic) bond motifs is 1. The fourth-order valence-corrected chi connectivity index (χ4v) is 3.46. The van der Waals surface area contributed by atoms with Crippen molar-refractivity contribution in [3.05, 3.63) is 52.7 Å². The van der Waals surface area contributed by atoms with Crippen LogP contribution in [0.4, 0.5) is 0 Å². The lowest BCUT2D eigenvalue weighted by Gasteiger charge is -2.07. The van der Waals surface area contributed by atoms with Gasteiger partial charge in [-0.05, 0) is 31.5 Å². The van der Waals surface area contributed by atoms with Gasteiger partial charge in [-0.25, -0.2) is 9.50 Å². The maximum absolute atomic E-state index is 5.95. The van der Waals surface area contributed by atoms with Crippen LogP contribution in [0, 0.1) is 13.8 Å². The average Bonchev–Trinajstić information content (AvgIpc) is 3.20. The maximum Gasteiger partial charge on any atom is 0.195 e. The molecule has 0 radical (unpaired) electrons. The van der Waals surface area contributed by atoms with Crippen LogP contribution < -0.4 is 0 Å². The highest BCUT2D eigenvalue weighted by Crippen LogP contribution is 2.26. The number of aryl methyl sites for hydroxylation is 2. The second kappa shape index (κ2) is 5.43. The summed E-state index contributed by atoms with van der Waals surface area (Å²) in [6.07, 6.45) is 1.82. The Bertz CT molecular complexity index is 981. The summed E-state index contributed by atoms with van der Waals surface area (Å²) in [5.74, 6) is 2.48. The third-order valence-electron chi connectivity index (χ3n) is 3.65. The molecule has 3 heterocycles.